The van der Waals surface area contributed by atoms with Crippen molar-refractivity contribution in [2.24, 2.45) is 15.3 Å². The SMILES string of the molecule is CC(=O)/C(N=Nc1ccc(/C=N/n2c(C)nn(-c3ccc(Cl)cc3)c2=O)cc1)=C(/C)O. The lowest BCUT2D eigenvalue weighted by Gasteiger charge is -1.98. The lowest BCUT2D eigenvalue weighted by atomic mass is 10.2. The highest BCUT2D eigenvalue weighted by Crippen LogP contribution is 2.16. The maximum atomic E-state index is 12.6. The van der Waals surface area contributed by atoms with Crippen LogP contribution in [0.4, 0.5) is 5.69 Å². The van der Waals surface area contributed by atoms with E-state index >= 15 is 0 Å². The molecule has 9 nitrogen and oxygen atoms in total. The zero-order valence-electron chi connectivity index (χ0n) is 17.0. The molecule has 0 bridgehead atoms. The number of carbonyl (C=O) groups excluding carboxylic acids is 1. The second kappa shape index (κ2) is 9.31. The fraction of sp³-hybridized carbons (Fsp3) is 0.143. The molecule has 0 unspecified atom stereocenters. The Bertz CT molecular complexity index is 1250. The highest BCUT2D eigenvalue weighted by Gasteiger charge is 2.11. The number of hydrogen-bond donors (Lipinski definition) is 1. The van der Waals surface area contributed by atoms with Crippen molar-refractivity contribution in [2.45, 2.75) is 20.8 Å². The van der Waals surface area contributed by atoms with Crippen LogP contribution in [0.15, 0.2) is 80.1 Å². The van der Waals surface area contributed by atoms with Gasteiger partial charge in [0.05, 0.1) is 17.6 Å². The molecule has 1 aromatic heterocycles. The van der Waals surface area contributed by atoms with Gasteiger partial charge in [-0.3, -0.25) is 4.79 Å². The van der Waals surface area contributed by atoms with E-state index < -0.39 is 5.69 Å². The number of allylic oxidation sites excluding steroid dienone is 2. The summed E-state index contributed by atoms with van der Waals surface area (Å²) in [7, 11) is 0. The van der Waals surface area contributed by atoms with Gasteiger partial charge in [-0.1, -0.05) is 23.7 Å². The number of azo groups is 1. The van der Waals surface area contributed by atoms with Crippen LogP contribution >= 0.6 is 11.6 Å². The minimum absolute atomic E-state index is 0.0989. The Morgan fingerprint density at radius 2 is 1.74 bits per heavy atom. The first-order valence-corrected chi connectivity index (χ1v) is 9.55. The van der Waals surface area contributed by atoms with Crippen molar-refractivity contribution in [1.82, 2.24) is 14.5 Å². The van der Waals surface area contributed by atoms with Gasteiger partial charge in [-0.25, -0.2) is 4.79 Å². The summed E-state index contributed by atoms with van der Waals surface area (Å²) in [5, 5.41) is 26.2. The van der Waals surface area contributed by atoms with Crippen molar-refractivity contribution < 1.29 is 9.90 Å². The van der Waals surface area contributed by atoms with Gasteiger partial charge in [0.1, 0.15) is 5.76 Å². The van der Waals surface area contributed by atoms with Crippen LogP contribution in [0.5, 0.6) is 0 Å². The number of benzene rings is 2. The predicted octanol–water partition coefficient (Wildman–Crippen LogP) is 4.34. The number of carbonyl (C=O) groups is 1. The molecule has 3 rings (SSSR count). The molecule has 0 fully saturated rings. The Hall–Kier alpha value is -3.85. The highest BCUT2D eigenvalue weighted by atomic mass is 35.5. The zero-order chi connectivity index (χ0) is 22.5. The lowest BCUT2D eigenvalue weighted by molar-refractivity contribution is -0.113. The van der Waals surface area contributed by atoms with E-state index in [0.29, 0.717) is 27.8 Å². The number of rotatable bonds is 6. The Labute approximate surface area is 182 Å². The topological polar surface area (TPSA) is 114 Å². The summed E-state index contributed by atoms with van der Waals surface area (Å²) in [6, 6.07) is 13.5. The number of halogens is 1. The van der Waals surface area contributed by atoms with Crippen LogP contribution in [-0.4, -0.2) is 31.6 Å². The van der Waals surface area contributed by atoms with E-state index in [2.05, 4.69) is 20.4 Å². The molecular formula is C21H19ClN6O3. The smallest absolute Gasteiger partial charge is 0.371 e. The van der Waals surface area contributed by atoms with Gasteiger partial charge < -0.3 is 5.11 Å². The second-order valence-electron chi connectivity index (χ2n) is 6.56. The monoisotopic (exact) mass is 438 g/mol. The number of aryl methyl sites for hydroxylation is 1. The molecule has 1 N–H and O–H groups in total. The molecule has 0 atom stereocenters. The van der Waals surface area contributed by atoms with Crippen LogP contribution in [0.25, 0.3) is 5.69 Å². The molecule has 0 spiro atoms. The maximum Gasteiger partial charge on any atom is 0.371 e. The van der Waals surface area contributed by atoms with E-state index in [9.17, 15) is 14.7 Å². The number of aromatic nitrogens is 3. The fourth-order valence-electron chi connectivity index (χ4n) is 2.60. The van der Waals surface area contributed by atoms with Crippen LogP contribution in [0.1, 0.15) is 25.2 Å². The summed E-state index contributed by atoms with van der Waals surface area (Å²) in [6.07, 6.45) is 1.52. The van der Waals surface area contributed by atoms with Gasteiger partial charge in [0, 0.05) is 11.9 Å². The first kappa shape index (κ1) is 21.8. The molecule has 2 aromatic carbocycles. The lowest BCUT2D eigenvalue weighted by Crippen LogP contribution is -2.21. The van der Waals surface area contributed by atoms with E-state index in [0.717, 1.165) is 0 Å². The van der Waals surface area contributed by atoms with Crippen LogP contribution in [0.2, 0.25) is 5.02 Å². The van der Waals surface area contributed by atoms with Crippen LogP contribution in [-0.2, 0) is 4.79 Å². The average Bonchev–Trinajstić information content (AvgIpc) is 3.01. The fourth-order valence-corrected chi connectivity index (χ4v) is 2.72. The first-order valence-electron chi connectivity index (χ1n) is 9.18. The second-order valence-corrected chi connectivity index (χ2v) is 6.99. The van der Waals surface area contributed by atoms with E-state index in [4.69, 9.17) is 11.6 Å². The van der Waals surface area contributed by atoms with E-state index in [1.807, 2.05) is 0 Å². The molecule has 1 heterocycles. The van der Waals surface area contributed by atoms with E-state index in [1.165, 1.54) is 29.4 Å². The number of aliphatic hydroxyl groups is 1. The van der Waals surface area contributed by atoms with Crippen LogP contribution in [0.3, 0.4) is 0 Å². The molecule has 31 heavy (non-hydrogen) atoms. The van der Waals surface area contributed by atoms with Crippen molar-refractivity contribution in [1.29, 1.82) is 0 Å². The third-order valence-corrected chi connectivity index (χ3v) is 4.39. The van der Waals surface area contributed by atoms with Gasteiger partial charge in [0.25, 0.3) is 0 Å². The molecular weight excluding hydrogens is 420 g/mol. The molecule has 0 aliphatic carbocycles. The van der Waals surface area contributed by atoms with E-state index in [1.54, 1.807) is 55.5 Å². The summed E-state index contributed by atoms with van der Waals surface area (Å²) in [5.41, 5.74) is 1.27. The molecule has 0 saturated carbocycles. The standard InChI is InChI=1S/C21H19ClN6O3/c1-13(29)20(14(2)30)25-24-18-8-4-16(5-9-18)12-23-27-15(3)26-28(21(27)31)19-10-6-17(22)7-11-19/h4-12,29H,1-3H3/b20-13+,23-12+,25-24?. The number of aliphatic hydroxyl groups excluding tert-OH is 1. The van der Waals surface area contributed by atoms with Gasteiger partial charge in [0.15, 0.2) is 17.3 Å². The van der Waals surface area contributed by atoms with Crippen LogP contribution < -0.4 is 5.69 Å². The number of nitrogens with zero attached hydrogens (tertiary/aromatic N) is 6. The largest absolute Gasteiger partial charge is 0.510 e. The van der Waals surface area contributed by atoms with Crippen molar-refractivity contribution in [3.8, 4) is 5.69 Å². The maximum absolute atomic E-state index is 12.6. The first-order chi connectivity index (χ1) is 14.8. The minimum Gasteiger partial charge on any atom is -0.510 e. The normalized spacial score (nSPS) is 12.5. The summed E-state index contributed by atoms with van der Waals surface area (Å²) in [5.74, 6) is -0.156. The molecule has 3 aromatic rings. The number of ketones is 1. The number of Topliss-reactive ketones (excluding diaryl/α,β-unsaturated/α-hetero) is 1. The van der Waals surface area contributed by atoms with Gasteiger partial charge >= 0.3 is 5.69 Å². The van der Waals surface area contributed by atoms with E-state index in [-0.39, 0.29) is 17.2 Å². The summed E-state index contributed by atoms with van der Waals surface area (Å²) >= 11 is 5.89. The zero-order valence-corrected chi connectivity index (χ0v) is 17.8. The number of hydrogen-bond acceptors (Lipinski definition) is 7. The summed E-state index contributed by atoms with van der Waals surface area (Å²) in [6.45, 7) is 4.35. The summed E-state index contributed by atoms with van der Waals surface area (Å²) < 4.78 is 2.44. The van der Waals surface area contributed by atoms with Gasteiger partial charge in [0.2, 0.25) is 0 Å². The quantitative estimate of drug-likeness (QED) is 0.267. The molecule has 0 radical (unpaired) electrons. The van der Waals surface area contributed by atoms with Gasteiger partial charge in [-0.2, -0.15) is 19.6 Å². The molecule has 158 valence electrons. The van der Waals surface area contributed by atoms with Gasteiger partial charge in [-0.05, 0) is 55.8 Å². The van der Waals surface area contributed by atoms with Crippen LogP contribution in [0, 0.1) is 6.92 Å². The van der Waals surface area contributed by atoms with Crippen molar-refractivity contribution in [2.75, 3.05) is 0 Å². The van der Waals surface area contributed by atoms with Crippen molar-refractivity contribution in [3.05, 3.63) is 86.9 Å². The molecule has 0 saturated heterocycles. The third-order valence-electron chi connectivity index (χ3n) is 4.14. The highest BCUT2D eigenvalue weighted by molar-refractivity contribution is 6.30. The molecule has 0 aliphatic heterocycles. The van der Waals surface area contributed by atoms with Crippen molar-refractivity contribution >= 4 is 29.3 Å². The Morgan fingerprint density at radius 1 is 1.10 bits per heavy atom. The predicted molar refractivity (Wildman–Crippen MR) is 118 cm³/mol. The Morgan fingerprint density at radius 3 is 2.32 bits per heavy atom. The Kier molecular flexibility index (Phi) is 6.56. The summed E-state index contributed by atoms with van der Waals surface area (Å²) in [4.78, 5) is 24.1. The minimum atomic E-state index is -0.413. The molecule has 10 heteroatoms. The van der Waals surface area contributed by atoms with Gasteiger partial charge in [-0.15, -0.1) is 10.2 Å². The third kappa shape index (κ3) is 5.20. The van der Waals surface area contributed by atoms with Crippen molar-refractivity contribution in [3.63, 3.8) is 0 Å². The molecule has 0 aliphatic rings. The molecule has 0 amide bonds. The Balaban J connectivity index is 1.80. The average molecular weight is 439 g/mol.